The lowest BCUT2D eigenvalue weighted by Gasteiger charge is -2.08. The Kier molecular flexibility index (Phi) is 2.73. The number of aromatic amines is 1. The van der Waals surface area contributed by atoms with Crippen molar-refractivity contribution in [3.63, 3.8) is 0 Å². The van der Waals surface area contributed by atoms with E-state index in [1.165, 1.54) is 0 Å². The first-order valence-corrected chi connectivity index (χ1v) is 6.67. The molecule has 1 aliphatic rings. The lowest BCUT2D eigenvalue weighted by atomic mass is 10.2. The van der Waals surface area contributed by atoms with E-state index in [4.69, 9.17) is 0 Å². The van der Waals surface area contributed by atoms with E-state index < -0.39 is 26.2 Å². The Hall–Kier alpha value is -1.03. The van der Waals surface area contributed by atoms with Gasteiger partial charge in [0.1, 0.15) is 0 Å². The normalized spacial score (nSPS) is 17.1. The standard InChI is InChI=1S/C7H6F3NO4S2/c8-7(9,10)17(13,14)15-5-4(3-1-2-3)6(12)16-11-5/h3,11H,1-2H2. The van der Waals surface area contributed by atoms with E-state index >= 15 is 0 Å². The molecule has 2 rings (SSSR count). The smallest absolute Gasteiger partial charge is 0.356 e. The van der Waals surface area contributed by atoms with Crippen LogP contribution in [0.2, 0.25) is 0 Å². The molecular formula is C7H6F3NO4S2. The number of aromatic nitrogens is 1. The fourth-order valence-electron chi connectivity index (χ4n) is 1.24. The summed E-state index contributed by atoms with van der Waals surface area (Å²) in [6.07, 6.45) is 1.28. The molecule has 0 spiro atoms. The second kappa shape index (κ2) is 3.73. The third-order valence-corrected chi connectivity index (χ3v) is 3.81. The van der Waals surface area contributed by atoms with E-state index in [2.05, 4.69) is 8.56 Å². The van der Waals surface area contributed by atoms with Gasteiger partial charge < -0.3 is 4.18 Å². The minimum Gasteiger partial charge on any atom is -0.356 e. The van der Waals surface area contributed by atoms with Gasteiger partial charge in [0.05, 0.1) is 5.56 Å². The predicted molar refractivity (Wildman–Crippen MR) is 52.5 cm³/mol. The number of halogens is 3. The molecule has 1 aromatic rings. The average Bonchev–Trinajstić information content (AvgIpc) is 2.91. The van der Waals surface area contributed by atoms with Crippen molar-refractivity contribution in [1.29, 1.82) is 0 Å². The number of hydrogen-bond donors (Lipinski definition) is 1. The van der Waals surface area contributed by atoms with E-state index in [-0.39, 0.29) is 11.5 Å². The molecule has 10 heteroatoms. The second-order valence-corrected chi connectivity index (χ2v) is 5.81. The number of nitrogens with one attached hydrogen (secondary N) is 1. The highest BCUT2D eigenvalue weighted by molar-refractivity contribution is 7.88. The molecule has 0 saturated heterocycles. The SMILES string of the molecule is O=c1s[nH]c(OS(=O)(=O)C(F)(F)F)c1C1CC1. The summed E-state index contributed by atoms with van der Waals surface area (Å²) in [6.45, 7) is 0. The fourth-order valence-corrected chi connectivity index (χ4v) is 2.44. The molecule has 17 heavy (non-hydrogen) atoms. The summed E-state index contributed by atoms with van der Waals surface area (Å²) >= 11 is 0.513. The maximum absolute atomic E-state index is 12.1. The Balaban J connectivity index is 2.34. The molecule has 1 saturated carbocycles. The van der Waals surface area contributed by atoms with Crippen molar-refractivity contribution in [2.24, 2.45) is 0 Å². The molecule has 1 aliphatic carbocycles. The quantitative estimate of drug-likeness (QED) is 0.676. The Morgan fingerprint density at radius 3 is 2.41 bits per heavy atom. The average molecular weight is 289 g/mol. The van der Waals surface area contributed by atoms with Gasteiger partial charge >= 0.3 is 15.6 Å². The Labute approximate surface area is 97.5 Å². The lowest BCUT2D eigenvalue weighted by molar-refractivity contribution is -0.0501. The molecule has 5 nitrogen and oxygen atoms in total. The van der Waals surface area contributed by atoms with Crippen LogP contribution in [0.15, 0.2) is 4.79 Å². The molecular weight excluding hydrogens is 283 g/mol. The maximum atomic E-state index is 12.1. The molecule has 1 heterocycles. The van der Waals surface area contributed by atoms with E-state index in [0.29, 0.717) is 24.4 Å². The van der Waals surface area contributed by atoms with Crippen LogP contribution in [0, 0.1) is 0 Å². The maximum Gasteiger partial charge on any atom is 0.534 e. The summed E-state index contributed by atoms with van der Waals surface area (Å²) in [6, 6.07) is 0. The Morgan fingerprint density at radius 1 is 1.35 bits per heavy atom. The van der Waals surface area contributed by atoms with Gasteiger partial charge in [-0.25, -0.2) is 0 Å². The van der Waals surface area contributed by atoms with Crippen molar-refractivity contribution in [2.45, 2.75) is 24.3 Å². The van der Waals surface area contributed by atoms with Crippen molar-refractivity contribution in [3.8, 4) is 5.88 Å². The molecule has 96 valence electrons. The summed E-state index contributed by atoms with van der Waals surface area (Å²) < 4.78 is 63.3. The van der Waals surface area contributed by atoms with Gasteiger partial charge in [0.15, 0.2) is 0 Å². The van der Waals surface area contributed by atoms with E-state index in [9.17, 15) is 26.4 Å². The zero-order valence-corrected chi connectivity index (χ0v) is 9.71. The first-order valence-electron chi connectivity index (χ1n) is 4.44. The summed E-state index contributed by atoms with van der Waals surface area (Å²) in [5.41, 5.74) is -5.52. The van der Waals surface area contributed by atoms with Crippen LogP contribution in [0.3, 0.4) is 0 Å². The van der Waals surface area contributed by atoms with Gasteiger partial charge in [0, 0.05) is 0 Å². The lowest BCUT2D eigenvalue weighted by Crippen LogP contribution is -2.28. The highest BCUT2D eigenvalue weighted by Gasteiger charge is 2.49. The number of hydrogen-bond acceptors (Lipinski definition) is 5. The predicted octanol–water partition coefficient (Wildman–Crippen LogP) is 1.54. The van der Waals surface area contributed by atoms with Crippen LogP contribution < -0.4 is 8.93 Å². The Bertz CT molecular complexity index is 581. The van der Waals surface area contributed by atoms with Gasteiger partial charge in [-0.1, -0.05) is 0 Å². The molecule has 0 unspecified atom stereocenters. The first kappa shape index (κ1) is 12.4. The summed E-state index contributed by atoms with van der Waals surface area (Å²) in [5, 5.41) is 0. The number of rotatable bonds is 3. The van der Waals surface area contributed by atoms with Gasteiger partial charge in [0.2, 0.25) is 5.88 Å². The third-order valence-electron chi connectivity index (χ3n) is 2.16. The molecule has 0 bridgehead atoms. The van der Waals surface area contributed by atoms with Crippen molar-refractivity contribution in [2.75, 3.05) is 0 Å². The zero-order valence-electron chi connectivity index (χ0n) is 8.07. The topological polar surface area (TPSA) is 76.2 Å². The van der Waals surface area contributed by atoms with Crippen LogP contribution in [0.25, 0.3) is 0 Å². The Morgan fingerprint density at radius 2 is 1.94 bits per heavy atom. The third kappa shape index (κ3) is 2.32. The summed E-state index contributed by atoms with van der Waals surface area (Å²) in [5.74, 6) is -0.816. The van der Waals surface area contributed by atoms with Crippen LogP contribution in [0.5, 0.6) is 5.88 Å². The van der Waals surface area contributed by atoms with Crippen molar-refractivity contribution in [3.05, 3.63) is 15.1 Å². The fraction of sp³-hybridized carbons (Fsp3) is 0.571. The van der Waals surface area contributed by atoms with E-state index in [1.807, 2.05) is 0 Å². The molecule has 1 N–H and O–H groups in total. The van der Waals surface area contributed by atoms with Crippen molar-refractivity contribution in [1.82, 2.24) is 4.37 Å². The highest BCUT2D eigenvalue weighted by Crippen LogP contribution is 2.43. The number of H-pyrrole nitrogens is 1. The summed E-state index contributed by atoms with van der Waals surface area (Å²) in [7, 11) is -5.73. The van der Waals surface area contributed by atoms with Crippen molar-refractivity contribution < 1.29 is 25.8 Å². The highest BCUT2D eigenvalue weighted by atomic mass is 32.2. The second-order valence-electron chi connectivity index (χ2n) is 3.49. The van der Waals surface area contributed by atoms with Crippen LogP contribution in [-0.4, -0.2) is 18.3 Å². The molecule has 0 aliphatic heterocycles. The van der Waals surface area contributed by atoms with Crippen LogP contribution >= 0.6 is 11.5 Å². The molecule has 0 aromatic carbocycles. The largest absolute Gasteiger partial charge is 0.534 e. The van der Waals surface area contributed by atoms with Crippen LogP contribution in [0.1, 0.15) is 24.3 Å². The minimum atomic E-state index is -5.73. The number of alkyl halides is 3. The van der Waals surface area contributed by atoms with E-state index in [0.717, 1.165) is 0 Å². The molecule has 0 radical (unpaired) electrons. The van der Waals surface area contributed by atoms with Gasteiger partial charge in [-0.05, 0) is 30.3 Å². The van der Waals surface area contributed by atoms with Gasteiger partial charge in [-0.2, -0.15) is 21.6 Å². The first-order chi connectivity index (χ1) is 7.72. The summed E-state index contributed by atoms with van der Waals surface area (Å²) in [4.78, 5) is 11.3. The zero-order chi connectivity index (χ0) is 12.8. The van der Waals surface area contributed by atoms with Crippen molar-refractivity contribution >= 4 is 21.7 Å². The van der Waals surface area contributed by atoms with Gasteiger partial charge in [0.25, 0.3) is 4.74 Å². The molecule has 1 fully saturated rings. The molecule has 0 atom stereocenters. The molecule has 1 aromatic heterocycles. The minimum absolute atomic E-state index is 0.0113. The van der Waals surface area contributed by atoms with Gasteiger partial charge in [-0.3, -0.25) is 9.17 Å². The monoisotopic (exact) mass is 289 g/mol. The van der Waals surface area contributed by atoms with E-state index in [1.54, 1.807) is 0 Å². The van der Waals surface area contributed by atoms with Crippen LogP contribution in [0.4, 0.5) is 13.2 Å². The van der Waals surface area contributed by atoms with Crippen LogP contribution in [-0.2, 0) is 10.1 Å². The van der Waals surface area contributed by atoms with Gasteiger partial charge in [-0.15, -0.1) is 0 Å². The molecule has 0 amide bonds.